The van der Waals surface area contributed by atoms with Gasteiger partial charge < -0.3 is 15.0 Å². The molecule has 0 saturated carbocycles. The fraction of sp³-hybridized carbons (Fsp3) is 0.562. The number of amides is 1. The summed E-state index contributed by atoms with van der Waals surface area (Å²) < 4.78 is 43.1. The topological polar surface area (TPSA) is 41.6 Å². The first-order valence-electron chi connectivity index (χ1n) is 7.44. The molecular formula is C16H21F3N2O2. The zero-order valence-electron chi connectivity index (χ0n) is 13.5. The Balaban J connectivity index is 2.38. The van der Waals surface area contributed by atoms with Gasteiger partial charge in [-0.1, -0.05) is 26.8 Å². The van der Waals surface area contributed by atoms with Crippen molar-refractivity contribution >= 4 is 17.3 Å². The third-order valence-corrected chi connectivity index (χ3v) is 3.72. The molecule has 1 N–H and O–H groups in total. The van der Waals surface area contributed by atoms with Crippen molar-refractivity contribution in [2.45, 2.75) is 32.4 Å². The van der Waals surface area contributed by atoms with Crippen LogP contribution in [0.4, 0.5) is 24.5 Å². The van der Waals surface area contributed by atoms with E-state index in [2.05, 4.69) is 0 Å². The van der Waals surface area contributed by atoms with Crippen LogP contribution in [0.5, 0.6) is 0 Å². The molecule has 1 aromatic carbocycles. The van der Waals surface area contributed by atoms with Gasteiger partial charge in [0.05, 0.1) is 24.6 Å². The number of alkyl halides is 3. The summed E-state index contributed by atoms with van der Waals surface area (Å²) >= 11 is 0. The van der Waals surface area contributed by atoms with Crippen molar-refractivity contribution in [2.24, 2.45) is 0 Å². The maximum absolute atomic E-state index is 12.6. The minimum absolute atomic E-state index is 0.182. The SMILES string of the molecule is CC(C)(C)c1ccc(N2CCOCC2)c(NC(=O)C(F)(F)F)c1. The van der Waals surface area contributed by atoms with Crippen LogP contribution in [0.25, 0.3) is 0 Å². The van der Waals surface area contributed by atoms with Gasteiger partial charge in [0, 0.05) is 13.1 Å². The highest BCUT2D eigenvalue weighted by Gasteiger charge is 2.39. The Bertz CT molecular complexity index is 574. The van der Waals surface area contributed by atoms with Gasteiger partial charge >= 0.3 is 12.1 Å². The van der Waals surface area contributed by atoms with Crippen molar-refractivity contribution in [3.63, 3.8) is 0 Å². The molecule has 1 aromatic rings. The van der Waals surface area contributed by atoms with E-state index in [-0.39, 0.29) is 11.1 Å². The van der Waals surface area contributed by atoms with Crippen molar-refractivity contribution in [1.82, 2.24) is 0 Å². The number of nitrogens with zero attached hydrogens (tertiary/aromatic N) is 1. The molecule has 1 amide bonds. The van der Waals surface area contributed by atoms with E-state index >= 15 is 0 Å². The fourth-order valence-corrected chi connectivity index (χ4v) is 2.38. The molecule has 0 aromatic heterocycles. The van der Waals surface area contributed by atoms with Crippen LogP contribution in [0.3, 0.4) is 0 Å². The highest BCUT2D eigenvalue weighted by molar-refractivity contribution is 5.98. The minimum atomic E-state index is -4.92. The number of anilines is 2. The summed E-state index contributed by atoms with van der Waals surface area (Å²) in [6.07, 6.45) is -4.92. The summed E-state index contributed by atoms with van der Waals surface area (Å²) in [7, 11) is 0. The average Bonchev–Trinajstić information content (AvgIpc) is 2.46. The van der Waals surface area contributed by atoms with Crippen molar-refractivity contribution < 1.29 is 22.7 Å². The van der Waals surface area contributed by atoms with Crippen LogP contribution >= 0.6 is 0 Å². The first-order chi connectivity index (χ1) is 10.6. The van der Waals surface area contributed by atoms with Gasteiger partial charge in [0.1, 0.15) is 0 Å². The molecule has 1 aliphatic heterocycles. The van der Waals surface area contributed by atoms with E-state index in [9.17, 15) is 18.0 Å². The van der Waals surface area contributed by atoms with Gasteiger partial charge in [0.2, 0.25) is 0 Å². The number of hydrogen-bond donors (Lipinski definition) is 1. The van der Waals surface area contributed by atoms with Crippen molar-refractivity contribution in [1.29, 1.82) is 0 Å². The molecule has 1 fully saturated rings. The van der Waals surface area contributed by atoms with E-state index in [1.165, 1.54) is 0 Å². The van der Waals surface area contributed by atoms with Crippen LogP contribution in [0.2, 0.25) is 0 Å². The summed E-state index contributed by atoms with van der Waals surface area (Å²) in [6.45, 7) is 8.05. The standard InChI is InChI=1S/C16H21F3N2O2/c1-15(2,3)11-4-5-13(21-6-8-23-9-7-21)12(10-11)20-14(22)16(17,18)19/h4-5,10H,6-9H2,1-3H3,(H,20,22). The quantitative estimate of drug-likeness (QED) is 0.904. The molecule has 0 atom stereocenters. The Hall–Kier alpha value is -1.76. The smallest absolute Gasteiger partial charge is 0.378 e. The number of benzene rings is 1. The van der Waals surface area contributed by atoms with Gasteiger partial charge in [0.15, 0.2) is 0 Å². The number of morpholine rings is 1. The molecule has 7 heteroatoms. The lowest BCUT2D eigenvalue weighted by molar-refractivity contribution is -0.167. The van der Waals surface area contributed by atoms with Crippen LogP contribution in [0, 0.1) is 0 Å². The zero-order chi connectivity index (χ0) is 17.3. The van der Waals surface area contributed by atoms with Crippen molar-refractivity contribution in [3.05, 3.63) is 23.8 Å². The van der Waals surface area contributed by atoms with E-state index in [1.807, 2.05) is 37.1 Å². The molecule has 0 unspecified atom stereocenters. The highest BCUT2D eigenvalue weighted by atomic mass is 19.4. The molecular weight excluding hydrogens is 309 g/mol. The Labute approximate surface area is 133 Å². The summed E-state index contributed by atoms with van der Waals surface area (Å²) in [5.41, 5.74) is 1.38. The predicted molar refractivity (Wildman–Crippen MR) is 82.9 cm³/mol. The molecule has 0 radical (unpaired) electrons. The number of halogens is 3. The lowest BCUT2D eigenvalue weighted by Gasteiger charge is -2.31. The Morgan fingerprint density at radius 3 is 2.30 bits per heavy atom. The van der Waals surface area contributed by atoms with Gasteiger partial charge in [-0.2, -0.15) is 13.2 Å². The third kappa shape index (κ3) is 4.37. The van der Waals surface area contributed by atoms with Gasteiger partial charge in [0.25, 0.3) is 0 Å². The average molecular weight is 330 g/mol. The monoisotopic (exact) mass is 330 g/mol. The van der Waals surface area contributed by atoms with Crippen LogP contribution in [0.1, 0.15) is 26.3 Å². The summed E-state index contributed by atoms with van der Waals surface area (Å²) in [5.74, 6) is -1.96. The van der Waals surface area contributed by atoms with E-state index in [4.69, 9.17) is 4.74 Å². The number of hydrogen-bond acceptors (Lipinski definition) is 3. The maximum Gasteiger partial charge on any atom is 0.471 e. The van der Waals surface area contributed by atoms with Crippen LogP contribution in [-0.2, 0) is 14.9 Å². The second kappa shape index (κ2) is 6.39. The van der Waals surface area contributed by atoms with E-state index in [0.29, 0.717) is 32.0 Å². The van der Waals surface area contributed by atoms with Crippen LogP contribution < -0.4 is 10.2 Å². The third-order valence-electron chi connectivity index (χ3n) is 3.72. The molecule has 4 nitrogen and oxygen atoms in total. The number of carbonyl (C=O) groups excluding carboxylic acids is 1. The van der Waals surface area contributed by atoms with Crippen molar-refractivity contribution in [2.75, 3.05) is 36.5 Å². The summed E-state index contributed by atoms with van der Waals surface area (Å²) in [4.78, 5) is 13.3. The lowest BCUT2D eigenvalue weighted by Crippen LogP contribution is -2.37. The molecule has 1 heterocycles. The molecule has 0 spiro atoms. The van der Waals surface area contributed by atoms with Crippen LogP contribution in [-0.4, -0.2) is 38.4 Å². The number of carbonyl (C=O) groups is 1. The second-order valence-corrected chi connectivity index (χ2v) is 6.53. The number of ether oxygens (including phenoxy) is 1. The van der Waals surface area contributed by atoms with E-state index < -0.39 is 12.1 Å². The van der Waals surface area contributed by atoms with Crippen molar-refractivity contribution in [3.8, 4) is 0 Å². The van der Waals surface area contributed by atoms with Gasteiger partial charge in [-0.05, 0) is 23.1 Å². The molecule has 2 rings (SSSR count). The molecule has 0 bridgehead atoms. The minimum Gasteiger partial charge on any atom is -0.378 e. The summed E-state index contributed by atoms with van der Waals surface area (Å²) in [5, 5.41) is 2.01. The fourth-order valence-electron chi connectivity index (χ4n) is 2.38. The van der Waals surface area contributed by atoms with Crippen LogP contribution in [0.15, 0.2) is 18.2 Å². The largest absolute Gasteiger partial charge is 0.471 e. The first-order valence-corrected chi connectivity index (χ1v) is 7.44. The Kier molecular flexibility index (Phi) is 4.89. The predicted octanol–water partition coefficient (Wildman–Crippen LogP) is 3.32. The molecule has 1 aliphatic rings. The Morgan fingerprint density at radius 1 is 1.17 bits per heavy atom. The van der Waals surface area contributed by atoms with E-state index in [0.717, 1.165) is 5.56 Å². The van der Waals surface area contributed by atoms with Gasteiger partial charge in [-0.15, -0.1) is 0 Å². The molecule has 128 valence electrons. The lowest BCUT2D eigenvalue weighted by atomic mass is 9.86. The Morgan fingerprint density at radius 2 is 1.78 bits per heavy atom. The number of nitrogens with one attached hydrogen (secondary N) is 1. The first kappa shape index (κ1) is 17.6. The number of rotatable bonds is 2. The maximum atomic E-state index is 12.6. The molecule has 1 saturated heterocycles. The van der Waals surface area contributed by atoms with Gasteiger partial charge in [-0.25, -0.2) is 0 Å². The molecule has 23 heavy (non-hydrogen) atoms. The summed E-state index contributed by atoms with van der Waals surface area (Å²) in [6, 6.07) is 5.26. The highest BCUT2D eigenvalue weighted by Crippen LogP contribution is 2.33. The zero-order valence-corrected chi connectivity index (χ0v) is 13.5. The molecule has 0 aliphatic carbocycles. The van der Waals surface area contributed by atoms with Gasteiger partial charge in [-0.3, -0.25) is 4.79 Å². The second-order valence-electron chi connectivity index (χ2n) is 6.53. The van der Waals surface area contributed by atoms with E-state index in [1.54, 1.807) is 12.1 Å². The normalized spacial score (nSPS) is 16.3.